The Hall–Kier alpha value is -1.31. The first-order chi connectivity index (χ1) is 6.40. The zero-order chi connectivity index (χ0) is 9.10. The van der Waals surface area contributed by atoms with Crippen LogP contribution in [0.5, 0.6) is 0 Å². The molecule has 0 spiro atoms. The molecule has 0 unspecified atom stereocenters. The lowest BCUT2D eigenvalue weighted by Crippen LogP contribution is -2.17. The van der Waals surface area contributed by atoms with Crippen molar-refractivity contribution in [2.45, 2.75) is 12.3 Å². The first kappa shape index (κ1) is 8.30. The van der Waals surface area contributed by atoms with Gasteiger partial charge in [-0.05, 0) is 12.0 Å². The Balaban J connectivity index is 2.08. The van der Waals surface area contributed by atoms with E-state index >= 15 is 0 Å². The van der Waals surface area contributed by atoms with Crippen LogP contribution in [0.15, 0.2) is 30.3 Å². The van der Waals surface area contributed by atoms with Gasteiger partial charge in [-0.1, -0.05) is 30.3 Å². The molecular weight excluding hydrogens is 162 g/mol. The second kappa shape index (κ2) is 3.60. The van der Waals surface area contributed by atoms with Gasteiger partial charge in [0.15, 0.2) is 0 Å². The van der Waals surface area contributed by atoms with Crippen LogP contribution in [0.4, 0.5) is 0 Å². The van der Waals surface area contributed by atoms with E-state index in [0.717, 1.165) is 25.9 Å². The van der Waals surface area contributed by atoms with Crippen molar-refractivity contribution in [2.24, 2.45) is 0 Å². The van der Waals surface area contributed by atoms with Crippen molar-refractivity contribution in [3.05, 3.63) is 35.9 Å². The van der Waals surface area contributed by atoms with Gasteiger partial charge in [-0.15, -0.1) is 0 Å². The van der Waals surface area contributed by atoms with Crippen LogP contribution in [0.2, 0.25) is 0 Å². The lowest BCUT2D eigenvalue weighted by atomic mass is 9.99. The fourth-order valence-corrected chi connectivity index (χ4v) is 1.88. The minimum Gasteiger partial charge on any atom is -0.345 e. The number of hydrogen-bond acceptors (Lipinski definition) is 1. The maximum Gasteiger partial charge on any atom is 0.209 e. The Morgan fingerprint density at radius 1 is 1.31 bits per heavy atom. The van der Waals surface area contributed by atoms with Gasteiger partial charge in [-0.3, -0.25) is 4.79 Å². The number of amides is 1. The SMILES string of the molecule is O=CN1CC[C@H](c2ccccc2)C1. The molecule has 1 aromatic carbocycles. The Labute approximate surface area is 78.2 Å². The number of hydrogen-bond donors (Lipinski definition) is 0. The van der Waals surface area contributed by atoms with Crippen LogP contribution in [-0.4, -0.2) is 24.4 Å². The highest BCUT2D eigenvalue weighted by Gasteiger charge is 2.21. The average molecular weight is 175 g/mol. The number of carbonyl (C=O) groups excluding carboxylic acids is 1. The highest BCUT2D eigenvalue weighted by Crippen LogP contribution is 2.25. The van der Waals surface area contributed by atoms with Gasteiger partial charge in [0.25, 0.3) is 0 Å². The molecule has 2 nitrogen and oxygen atoms in total. The molecule has 1 atom stereocenters. The van der Waals surface area contributed by atoms with Gasteiger partial charge in [-0.25, -0.2) is 0 Å². The second-order valence-electron chi connectivity index (χ2n) is 3.50. The highest BCUT2D eigenvalue weighted by molar-refractivity contribution is 5.48. The molecule has 0 bridgehead atoms. The summed E-state index contributed by atoms with van der Waals surface area (Å²) in [6.45, 7) is 1.79. The zero-order valence-corrected chi connectivity index (χ0v) is 7.52. The molecule has 1 aliphatic rings. The predicted octanol–water partition coefficient (Wildman–Crippen LogP) is 1.63. The fraction of sp³-hybridized carbons (Fsp3) is 0.364. The number of carbonyl (C=O) groups is 1. The van der Waals surface area contributed by atoms with Gasteiger partial charge in [-0.2, -0.15) is 0 Å². The fourth-order valence-electron chi connectivity index (χ4n) is 1.88. The molecule has 0 N–H and O–H groups in total. The summed E-state index contributed by atoms with van der Waals surface area (Å²) < 4.78 is 0. The summed E-state index contributed by atoms with van der Waals surface area (Å²) in [5.74, 6) is 0.548. The van der Waals surface area contributed by atoms with Crippen LogP contribution in [-0.2, 0) is 4.79 Å². The summed E-state index contributed by atoms with van der Waals surface area (Å²) >= 11 is 0. The van der Waals surface area contributed by atoms with E-state index in [9.17, 15) is 4.79 Å². The third kappa shape index (κ3) is 1.72. The van der Waals surface area contributed by atoms with Gasteiger partial charge in [0.1, 0.15) is 0 Å². The van der Waals surface area contributed by atoms with E-state index in [0.29, 0.717) is 5.92 Å². The smallest absolute Gasteiger partial charge is 0.209 e. The molecule has 13 heavy (non-hydrogen) atoms. The minimum absolute atomic E-state index is 0.548. The van der Waals surface area contributed by atoms with Crippen LogP contribution >= 0.6 is 0 Å². The highest BCUT2D eigenvalue weighted by atomic mass is 16.1. The molecule has 1 aromatic rings. The minimum atomic E-state index is 0.548. The molecule has 1 amide bonds. The number of benzene rings is 1. The lowest BCUT2D eigenvalue weighted by Gasteiger charge is -2.10. The monoisotopic (exact) mass is 175 g/mol. The van der Waals surface area contributed by atoms with E-state index in [1.807, 2.05) is 11.0 Å². The lowest BCUT2D eigenvalue weighted by molar-refractivity contribution is -0.117. The van der Waals surface area contributed by atoms with Crippen molar-refractivity contribution in [3.8, 4) is 0 Å². The molecule has 2 heteroatoms. The van der Waals surface area contributed by atoms with Crippen LogP contribution in [0, 0.1) is 0 Å². The number of likely N-dealkylation sites (tertiary alicyclic amines) is 1. The average Bonchev–Trinajstić information content (AvgIpc) is 2.67. The zero-order valence-electron chi connectivity index (χ0n) is 7.52. The predicted molar refractivity (Wildman–Crippen MR) is 51.4 cm³/mol. The van der Waals surface area contributed by atoms with Gasteiger partial charge in [0.2, 0.25) is 6.41 Å². The van der Waals surface area contributed by atoms with Crippen molar-refractivity contribution in [1.29, 1.82) is 0 Å². The normalized spacial score (nSPS) is 21.8. The molecule has 0 radical (unpaired) electrons. The van der Waals surface area contributed by atoms with Crippen molar-refractivity contribution >= 4 is 6.41 Å². The summed E-state index contributed by atoms with van der Waals surface area (Å²) in [5, 5.41) is 0. The second-order valence-corrected chi connectivity index (χ2v) is 3.50. The first-order valence-corrected chi connectivity index (χ1v) is 4.64. The molecule has 0 saturated carbocycles. The molecule has 1 fully saturated rings. The topological polar surface area (TPSA) is 20.3 Å². The van der Waals surface area contributed by atoms with E-state index in [2.05, 4.69) is 24.3 Å². The van der Waals surface area contributed by atoms with E-state index in [1.165, 1.54) is 5.56 Å². The Kier molecular flexibility index (Phi) is 2.30. The summed E-state index contributed by atoms with van der Waals surface area (Å²) in [4.78, 5) is 12.4. The molecule has 0 aromatic heterocycles. The van der Waals surface area contributed by atoms with Crippen LogP contribution in [0.1, 0.15) is 17.9 Å². The number of rotatable bonds is 2. The molecule has 1 saturated heterocycles. The molecule has 2 rings (SSSR count). The van der Waals surface area contributed by atoms with Crippen LogP contribution in [0.25, 0.3) is 0 Å². The quantitative estimate of drug-likeness (QED) is 0.626. The van der Waals surface area contributed by atoms with Crippen LogP contribution in [0.3, 0.4) is 0 Å². The third-order valence-corrected chi connectivity index (χ3v) is 2.64. The Morgan fingerprint density at radius 2 is 2.08 bits per heavy atom. The maximum atomic E-state index is 10.5. The van der Waals surface area contributed by atoms with Crippen molar-refractivity contribution in [1.82, 2.24) is 4.90 Å². The summed E-state index contributed by atoms with van der Waals surface area (Å²) in [6.07, 6.45) is 2.05. The van der Waals surface area contributed by atoms with Crippen LogP contribution < -0.4 is 0 Å². The molecule has 0 aliphatic carbocycles. The van der Waals surface area contributed by atoms with Crippen molar-refractivity contribution in [2.75, 3.05) is 13.1 Å². The summed E-state index contributed by atoms with van der Waals surface area (Å²) in [7, 11) is 0. The maximum absolute atomic E-state index is 10.5. The molecular formula is C11H13NO. The number of nitrogens with zero attached hydrogens (tertiary/aromatic N) is 1. The summed E-state index contributed by atoms with van der Waals surface area (Å²) in [5.41, 5.74) is 1.35. The molecule has 1 aliphatic heterocycles. The Bertz CT molecular complexity index is 283. The van der Waals surface area contributed by atoms with E-state index in [-0.39, 0.29) is 0 Å². The standard InChI is InChI=1S/C11H13NO/c13-9-12-7-6-11(8-12)10-4-2-1-3-5-10/h1-5,9,11H,6-8H2/t11-/m0/s1. The molecule has 68 valence electrons. The molecule has 1 heterocycles. The van der Waals surface area contributed by atoms with Crippen molar-refractivity contribution in [3.63, 3.8) is 0 Å². The largest absolute Gasteiger partial charge is 0.345 e. The van der Waals surface area contributed by atoms with E-state index in [1.54, 1.807) is 0 Å². The van der Waals surface area contributed by atoms with Gasteiger partial charge >= 0.3 is 0 Å². The van der Waals surface area contributed by atoms with Gasteiger partial charge in [0, 0.05) is 19.0 Å². The summed E-state index contributed by atoms with van der Waals surface area (Å²) in [6, 6.07) is 10.4. The van der Waals surface area contributed by atoms with E-state index in [4.69, 9.17) is 0 Å². The van der Waals surface area contributed by atoms with Gasteiger partial charge in [0.05, 0.1) is 0 Å². The van der Waals surface area contributed by atoms with Crippen molar-refractivity contribution < 1.29 is 4.79 Å². The Morgan fingerprint density at radius 3 is 2.69 bits per heavy atom. The first-order valence-electron chi connectivity index (χ1n) is 4.64. The third-order valence-electron chi connectivity index (χ3n) is 2.64. The van der Waals surface area contributed by atoms with Gasteiger partial charge < -0.3 is 4.90 Å². The van der Waals surface area contributed by atoms with E-state index < -0.39 is 0 Å².